The maximum absolute atomic E-state index is 14.3. The van der Waals surface area contributed by atoms with Gasteiger partial charge in [-0.25, -0.2) is 13.6 Å². The number of H-pyrrole nitrogens is 2. The van der Waals surface area contributed by atoms with Crippen molar-refractivity contribution in [2.45, 2.75) is 25.3 Å². The maximum Gasteiger partial charge on any atom is 0.573 e. The van der Waals surface area contributed by atoms with Crippen molar-refractivity contribution in [3.8, 4) is 28.5 Å². The van der Waals surface area contributed by atoms with E-state index in [9.17, 15) is 31.5 Å². The smallest absolute Gasteiger partial charge is 0.457 e. The number of amides is 1. The minimum absolute atomic E-state index is 0.00471. The lowest BCUT2D eigenvalue weighted by atomic mass is 9.95. The normalized spacial score (nSPS) is 15.2. The number of aromatic nitrogens is 3. The van der Waals surface area contributed by atoms with Gasteiger partial charge in [-0.05, 0) is 29.8 Å². The van der Waals surface area contributed by atoms with Gasteiger partial charge in [-0.2, -0.15) is 5.10 Å². The monoisotopic (exact) mass is 654 g/mol. The lowest BCUT2D eigenvalue weighted by molar-refractivity contribution is -0.274. The van der Waals surface area contributed by atoms with Gasteiger partial charge >= 0.3 is 12.1 Å². The molecule has 3 aromatic carbocycles. The first-order valence-corrected chi connectivity index (χ1v) is 13.4. The van der Waals surface area contributed by atoms with E-state index in [0.29, 0.717) is 29.1 Å². The summed E-state index contributed by atoms with van der Waals surface area (Å²) in [5.74, 6) is -5.27. The number of rotatable bonds is 7. The van der Waals surface area contributed by atoms with Gasteiger partial charge in [0.15, 0.2) is 11.3 Å². The number of alkyl halides is 5. The molecule has 6 rings (SSSR count). The highest BCUT2D eigenvalue weighted by molar-refractivity contribution is 6.37. The highest BCUT2D eigenvalue weighted by Gasteiger charge is 2.45. The van der Waals surface area contributed by atoms with Crippen molar-refractivity contribution in [2.24, 2.45) is 0 Å². The minimum Gasteiger partial charge on any atom is -0.457 e. The van der Waals surface area contributed by atoms with Crippen LogP contribution in [0.25, 0.3) is 22.4 Å². The molecule has 1 aliphatic heterocycles. The van der Waals surface area contributed by atoms with Crippen LogP contribution >= 0.6 is 23.2 Å². The molecule has 1 amide bonds. The van der Waals surface area contributed by atoms with E-state index in [2.05, 4.69) is 19.9 Å². The molecule has 1 unspecified atom stereocenters. The van der Waals surface area contributed by atoms with E-state index in [4.69, 9.17) is 32.4 Å². The Bertz CT molecular complexity index is 1940. The number of ether oxygens (including phenoxy) is 2. The van der Waals surface area contributed by atoms with E-state index in [-0.39, 0.29) is 28.5 Å². The van der Waals surface area contributed by atoms with Gasteiger partial charge in [0, 0.05) is 30.2 Å². The third kappa shape index (κ3) is 5.57. The molecule has 44 heavy (non-hydrogen) atoms. The summed E-state index contributed by atoms with van der Waals surface area (Å²) in [5, 5.41) is 6.03. The number of aromatic amines is 2. The van der Waals surface area contributed by atoms with E-state index >= 15 is 0 Å². The Hall–Kier alpha value is -4.56. The highest BCUT2D eigenvalue weighted by Crippen LogP contribution is 2.46. The third-order valence-corrected chi connectivity index (χ3v) is 7.20. The van der Waals surface area contributed by atoms with Crippen LogP contribution in [0.5, 0.6) is 17.2 Å². The predicted molar refractivity (Wildman–Crippen MR) is 148 cm³/mol. The molecule has 3 heterocycles. The van der Waals surface area contributed by atoms with Crippen LogP contribution in [0.3, 0.4) is 0 Å². The molecule has 1 aliphatic rings. The summed E-state index contributed by atoms with van der Waals surface area (Å²) in [5.41, 5.74) is 1.82. The Morgan fingerprint density at radius 3 is 2.32 bits per heavy atom. The molecule has 9 nitrogen and oxygen atoms in total. The van der Waals surface area contributed by atoms with Crippen LogP contribution in [0.2, 0.25) is 10.0 Å². The van der Waals surface area contributed by atoms with Crippen molar-refractivity contribution in [3.05, 3.63) is 92.0 Å². The summed E-state index contributed by atoms with van der Waals surface area (Å²) in [7, 11) is 0. The lowest BCUT2D eigenvalue weighted by Crippen LogP contribution is -2.38. The molecule has 0 saturated heterocycles. The van der Waals surface area contributed by atoms with Gasteiger partial charge < -0.3 is 18.8 Å². The van der Waals surface area contributed by atoms with Crippen molar-refractivity contribution >= 4 is 40.2 Å². The summed E-state index contributed by atoms with van der Waals surface area (Å²) in [6.07, 6.45) is -5.01. The van der Waals surface area contributed by atoms with E-state index < -0.39 is 52.3 Å². The molecular formula is C28H17Cl2F5N4O5. The summed E-state index contributed by atoms with van der Waals surface area (Å²) < 4.78 is 81.4. The Morgan fingerprint density at radius 2 is 1.68 bits per heavy atom. The summed E-state index contributed by atoms with van der Waals surface area (Å²) in [4.78, 5) is 28.8. The number of benzene rings is 3. The number of halogens is 7. The molecule has 0 bridgehead atoms. The number of fused-ring (bicyclic) bond motifs is 2. The van der Waals surface area contributed by atoms with Crippen LogP contribution < -0.4 is 15.2 Å². The second-order valence-corrected chi connectivity index (χ2v) is 10.7. The topological polar surface area (TPSA) is 113 Å². The quantitative estimate of drug-likeness (QED) is 0.174. The Morgan fingerprint density at radius 1 is 1.00 bits per heavy atom. The maximum atomic E-state index is 14.3. The SMILES string of the molecule is CC(F)(F)CN1C(=O)c2[nH]nc(-c3cccc4[nH]c(=O)oc34)c2C1c1ccc(Oc2cc(Cl)c(OC(F)(F)F)c(Cl)c2)cc1. The van der Waals surface area contributed by atoms with Gasteiger partial charge in [0.1, 0.15) is 22.9 Å². The van der Waals surface area contributed by atoms with Crippen LogP contribution in [-0.4, -0.2) is 44.8 Å². The van der Waals surface area contributed by atoms with Crippen LogP contribution in [-0.2, 0) is 0 Å². The molecule has 0 fully saturated rings. The molecule has 228 valence electrons. The predicted octanol–water partition coefficient (Wildman–Crippen LogP) is 7.71. The first-order valence-electron chi connectivity index (χ1n) is 12.6. The molecule has 0 aliphatic carbocycles. The lowest BCUT2D eigenvalue weighted by Gasteiger charge is -2.28. The zero-order chi connectivity index (χ0) is 31.6. The van der Waals surface area contributed by atoms with Crippen molar-refractivity contribution in [1.82, 2.24) is 20.1 Å². The second kappa shape index (κ2) is 10.6. The van der Waals surface area contributed by atoms with E-state index in [1.165, 1.54) is 24.3 Å². The number of para-hydroxylation sites is 1. The molecule has 16 heteroatoms. The number of nitrogens with zero attached hydrogens (tertiary/aromatic N) is 2. The number of carbonyl (C=O) groups is 1. The average molecular weight is 655 g/mol. The number of hydrogen-bond donors (Lipinski definition) is 2. The molecule has 5 aromatic rings. The van der Waals surface area contributed by atoms with Gasteiger partial charge in [0.25, 0.3) is 11.8 Å². The summed E-state index contributed by atoms with van der Waals surface area (Å²) in [6.45, 7) is -0.222. The van der Waals surface area contributed by atoms with Crippen molar-refractivity contribution in [3.63, 3.8) is 0 Å². The van der Waals surface area contributed by atoms with E-state index in [1.54, 1.807) is 18.2 Å². The fourth-order valence-electron chi connectivity index (χ4n) is 5.03. The van der Waals surface area contributed by atoms with Gasteiger partial charge in [0.05, 0.1) is 28.1 Å². The van der Waals surface area contributed by atoms with Crippen LogP contribution in [0.15, 0.2) is 63.8 Å². The first kappa shape index (κ1) is 29.5. The number of nitrogens with one attached hydrogen (secondary N) is 2. The standard InChI is InChI=1S/C28H17Cl2F5N4O5/c1-27(31,32)11-39-22(19-20(37-38-21(19)25(39)40)15-3-2-4-18-23(15)43-26(41)36-18)12-5-7-13(8-6-12)42-14-9-16(29)24(17(30)10-14)44-28(33,34)35/h2-10,22H,11H2,1H3,(H,36,41)(H,37,38). The Balaban J connectivity index is 1.37. The number of oxazole rings is 1. The van der Waals surface area contributed by atoms with E-state index in [0.717, 1.165) is 17.0 Å². The molecule has 2 N–H and O–H groups in total. The van der Waals surface area contributed by atoms with Crippen LogP contribution in [0.1, 0.15) is 34.6 Å². The number of hydrogen-bond acceptors (Lipinski definition) is 6. The highest BCUT2D eigenvalue weighted by atomic mass is 35.5. The third-order valence-electron chi connectivity index (χ3n) is 6.63. The van der Waals surface area contributed by atoms with Gasteiger partial charge in [-0.3, -0.25) is 14.9 Å². The molecule has 0 saturated carbocycles. The van der Waals surface area contributed by atoms with Gasteiger partial charge in [-0.15, -0.1) is 13.2 Å². The molecular weight excluding hydrogens is 638 g/mol. The van der Waals surface area contributed by atoms with Crippen molar-refractivity contribution < 1.29 is 40.6 Å². The molecule has 0 radical (unpaired) electrons. The fraction of sp³-hybridized carbons (Fsp3) is 0.179. The summed E-state index contributed by atoms with van der Waals surface area (Å²) in [6, 6.07) is 12.0. The van der Waals surface area contributed by atoms with Crippen molar-refractivity contribution in [1.29, 1.82) is 0 Å². The Labute approximate surface area is 253 Å². The zero-order valence-electron chi connectivity index (χ0n) is 22.1. The largest absolute Gasteiger partial charge is 0.573 e. The molecule has 0 spiro atoms. The average Bonchev–Trinajstić information content (AvgIpc) is 3.59. The Kier molecular flexibility index (Phi) is 7.08. The fourth-order valence-corrected chi connectivity index (χ4v) is 5.58. The second-order valence-electron chi connectivity index (χ2n) is 9.90. The molecule has 1 atom stereocenters. The minimum atomic E-state index is -5.01. The molecule has 2 aromatic heterocycles. The number of carbonyl (C=O) groups excluding carboxylic acids is 1. The first-order chi connectivity index (χ1) is 20.7. The summed E-state index contributed by atoms with van der Waals surface area (Å²) >= 11 is 11.8. The van der Waals surface area contributed by atoms with Crippen molar-refractivity contribution in [2.75, 3.05) is 6.54 Å². The van der Waals surface area contributed by atoms with Gasteiger partial charge in [-0.1, -0.05) is 41.4 Å². The van der Waals surface area contributed by atoms with Crippen LogP contribution in [0, 0.1) is 0 Å². The van der Waals surface area contributed by atoms with Crippen LogP contribution in [0.4, 0.5) is 22.0 Å². The van der Waals surface area contributed by atoms with E-state index in [1.807, 2.05) is 0 Å². The van der Waals surface area contributed by atoms with Gasteiger partial charge in [0.2, 0.25) is 0 Å². The zero-order valence-corrected chi connectivity index (χ0v) is 23.6.